The first-order chi connectivity index (χ1) is 13.2. The highest BCUT2D eigenvalue weighted by Gasteiger charge is 2.07. The summed E-state index contributed by atoms with van der Waals surface area (Å²) in [6.45, 7) is 8.38. The van der Waals surface area contributed by atoms with Gasteiger partial charge in [-0.05, 0) is 29.5 Å². The van der Waals surface area contributed by atoms with Crippen LogP contribution in [0.2, 0.25) is 0 Å². The molecule has 0 aliphatic heterocycles. The number of benzene rings is 1. The van der Waals surface area contributed by atoms with Gasteiger partial charge in [-0.25, -0.2) is 0 Å². The minimum Gasteiger partial charge on any atom is -0.379 e. The van der Waals surface area contributed by atoms with Crippen molar-refractivity contribution in [1.82, 2.24) is 10.6 Å². The minimum atomic E-state index is 0. The van der Waals surface area contributed by atoms with Gasteiger partial charge in [-0.2, -0.15) is 0 Å². The van der Waals surface area contributed by atoms with Gasteiger partial charge in [0.1, 0.15) is 0 Å². The molecular weight excluding hydrogens is 485 g/mol. The van der Waals surface area contributed by atoms with Crippen LogP contribution in [-0.2, 0) is 22.6 Å². The van der Waals surface area contributed by atoms with Gasteiger partial charge in [0.25, 0.3) is 0 Å². The smallest absolute Gasteiger partial charge is 0.191 e. The second-order valence-electron chi connectivity index (χ2n) is 6.29. The third-order valence-corrected chi connectivity index (χ3v) is 5.23. The van der Waals surface area contributed by atoms with E-state index < -0.39 is 0 Å². The topological polar surface area (TPSA) is 54.9 Å². The van der Waals surface area contributed by atoms with Crippen molar-refractivity contribution in [1.29, 1.82) is 0 Å². The summed E-state index contributed by atoms with van der Waals surface area (Å²) in [5.41, 5.74) is 2.37. The lowest BCUT2D eigenvalue weighted by molar-refractivity contribution is 0.0453. The fourth-order valence-electron chi connectivity index (χ4n) is 2.61. The molecule has 0 fully saturated rings. The minimum absolute atomic E-state index is 0. The second kappa shape index (κ2) is 14.8. The number of aliphatic imine (C=N–C) groups is 1. The van der Waals surface area contributed by atoms with Crippen LogP contribution in [0.25, 0.3) is 0 Å². The van der Waals surface area contributed by atoms with Crippen LogP contribution < -0.4 is 10.6 Å². The number of ether oxygens (including phenoxy) is 2. The molecular formula is C21H32IN3O2S. The molecule has 0 saturated carbocycles. The molecule has 2 N–H and O–H groups in total. The van der Waals surface area contributed by atoms with Gasteiger partial charge in [0, 0.05) is 37.5 Å². The van der Waals surface area contributed by atoms with E-state index in [9.17, 15) is 0 Å². The zero-order valence-electron chi connectivity index (χ0n) is 16.9. The van der Waals surface area contributed by atoms with E-state index in [4.69, 9.17) is 9.47 Å². The summed E-state index contributed by atoms with van der Waals surface area (Å²) in [7, 11) is 1.80. The van der Waals surface area contributed by atoms with Gasteiger partial charge < -0.3 is 20.1 Å². The molecule has 0 spiro atoms. The van der Waals surface area contributed by atoms with E-state index in [1.165, 1.54) is 16.0 Å². The predicted octanol–water partition coefficient (Wildman–Crippen LogP) is 4.39. The van der Waals surface area contributed by atoms with E-state index in [0.717, 1.165) is 25.7 Å². The van der Waals surface area contributed by atoms with E-state index in [2.05, 4.69) is 64.3 Å². The van der Waals surface area contributed by atoms with E-state index in [1.54, 1.807) is 18.4 Å². The van der Waals surface area contributed by atoms with Crippen LogP contribution in [-0.4, -0.2) is 39.4 Å². The molecule has 1 atom stereocenters. The van der Waals surface area contributed by atoms with Gasteiger partial charge in [-0.3, -0.25) is 4.99 Å². The summed E-state index contributed by atoms with van der Waals surface area (Å²) in [6, 6.07) is 12.7. The fourth-order valence-corrected chi connectivity index (χ4v) is 3.40. The summed E-state index contributed by atoms with van der Waals surface area (Å²) < 4.78 is 10.9. The molecule has 0 saturated heterocycles. The summed E-state index contributed by atoms with van der Waals surface area (Å²) in [5.74, 6) is 1.28. The first-order valence-corrected chi connectivity index (χ1v) is 10.3. The highest BCUT2D eigenvalue weighted by molar-refractivity contribution is 14.0. The molecule has 0 bridgehead atoms. The first-order valence-electron chi connectivity index (χ1n) is 9.44. The molecule has 1 heterocycles. The Morgan fingerprint density at radius 2 is 1.89 bits per heavy atom. The van der Waals surface area contributed by atoms with Gasteiger partial charge in [0.2, 0.25) is 0 Å². The number of thiophene rings is 1. The van der Waals surface area contributed by atoms with E-state index in [0.29, 0.717) is 25.7 Å². The normalized spacial score (nSPS) is 12.3. The lowest BCUT2D eigenvalue weighted by Gasteiger charge is -2.15. The predicted molar refractivity (Wildman–Crippen MR) is 129 cm³/mol. The van der Waals surface area contributed by atoms with Crippen molar-refractivity contribution in [3.05, 3.63) is 57.8 Å². The maximum atomic E-state index is 5.64. The number of guanidine groups is 1. The van der Waals surface area contributed by atoms with Crippen molar-refractivity contribution in [2.75, 3.05) is 33.4 Å². The van der Waals surface area contributed by atoms with Gasteiger partial charge in [-0.15, -0.1) is 35.3 Å². The molecule has 0 amide bonds. The highest BCUT2D eigenvalue weighted by Crippen LogP contribution is 2.19. The Balaban J connectivity index is 0.00000392. The second-order valence-corrected chi connectivity index (χ2v) is 7.27. The van der Waals surface area contributed by atoms with E-state index in [1.807, 2.05) is 6.92 Å². The maximum Gasteiger partial charge on any atom is 0.191 e. The van der Waals surface area contributed by atoms with Crippen molar-refractivity contribution in [2.45, 2.75) is 32.9 Å². The molecule has 156 valence electrons. The standard InChI is InChI=1S/C21H31N3O2S.HI/c1-4-25-10-11-26-16-19-8-5-7-18(13-19)15-24-21(22-3)23-14-17(2)20-9-6-12-27-20;/h5-9,12-13,17H,4,10-11,14-16H2,1-3H3,(H2,22,23,24);1H. The summed E-state index contributed by atoms with van der Waals surface area (Å²) >= 11 is 1.79. The third-order valence-electron chi connectivity index (χ3n) is 4.12. The average Bonchev–Trinajstić information content (AvgIpc) is 3.23. The van der Waals surface area contributed by atoms with Gasteiger partial charge in [-0.1, -0.05) is 37.3 Å². The molecule has 2 rings (SSSR count). The highest BCUT2D eigenvalue weighted by atomic mass is 127. The molecule has 7 heteroatoms. The van der Waals surface area contributed by atoms with Gasteiger partial charge >= 0.3 is 0 Å². The number of halogens is 1. The molecule has 0 aliphatic carbocycles. The number of hydrogen-bond donors (Lipinski definition) is 2. The van der Waals surface area contributed by atoms with Crippen molar-refractivity contribution in [2.24, 2.45) is 4.99 Å². The number of rotatable bonds is 11. The molecule has 1 aromatic carbocycles. The quantitative estimate of drug-likeness (QED) is 0.201. The zero-order valence-corrected chi connectivity index (χ0v) is 20.1. The monoisotopic (exact) mass is 517 g/mol. The molecule has 1 aromatic heterocycles. The summed E-state index contributed by atoms with van der Waals surface area (Å²) in [6.07, 6.45) is 0. The molecule has 0 aliphatic rings. The van der Waals surface area contributed by atoms with Crippen LogP contribution in [0.15, 0.2) is 46.8 Å². The van der Waals surface area contributed by atoms with Crippen molar-refractivity contribution >= 4 is 41.3 Å². The van der Waals surface area contributed by atoms with Crippen molar-refractivity contribution < 1.29 is 9.47 Å². The number of nitrogens with one attached hydrogen (secondary N) is 2. The number of nitrogens with zero attached hydrogens (tertiary/aromatic N) is 1. The van der Waals surface area contributed by atoms with Crippen LogP contribution in [0, 0.1) is 0 Å². The van der Waals surface area contributed by atoms with Crippen LogP contribution >= 0.6 is 35.3 Å². The van der Waals surface area contributed by atoms with Gasteiger partial charge in [0.15, 0.2) is 5.96 Å². The Kier molecular flexibility index (Phi) is 13.1. The lowest BCUT2D eigenvalue weighted by atomic mass is 10.1. The molecule has 2 aromatic rings. The van der Waals surface area contributed by atoms with E-state index in [-0.39, 0.29) is 24.0 Å². The Bertz CT molecular complexity index is 680. The summed E-state index contributed by atoms with van der Waals surface area (Å²) in [5, 5.41) is 8.90. The third kappa shape index (κ3) is 9.36. The Labute approximate surface area is 190 Å². The average molecular weight is 517 g/mol. The maximum absolute atomic E-state index is 5.64. The lowest BCUT2D eigenvalue weighted by Crippen LogP contribution is -2.38. The zero-order chi connectivity index (χ0) is 19.3. The molecule has 0 radical (unpaired) electrons. The SMILES string of the molecule is CCOCCOCc1cccc(CNC(=NC)NCC(C)c2cccs2)c1.I. The van der Waals surface area contributed by atoms with Crippen LogP contribution in [0.3, 0.4) is 0 Å². The largest absolute Gasteiger partial charge is 0.379 e. The van der Waals surface area contributed by atoms with Gasteiger partial charge in [0.05, 0.1) is 19.8 Å². The van der Waals surface area contributed by atoms with Crippen molar-refractivity contribution in [3.8, 4) is 0 Å². The molecule has 1 unspecified atom stereocenters. The molecule has 28 heavy (non-hydrogen) atoms. The number of hydrogen-bond acceptors (Lipinski definition) is 4. The Hall–Kier alpha value is -1.16. The first kappa shape index (κ1) is 24.9. The Morgan fingerprint density at radius 1 is 1.11 bits per heavy atom. The fraction of sp³-hybridized carbons (Fsp3) is 0.476. The van der Waals surface area contributed by atoms with E-state index >= 15 is 0 Å². The van der Waals surface area contributed by atoms with Crippen LogP contribution in [0.1, 0.15) is 35.8 Å². The van der Waals surface area contributed by atoms with Crippen LogP contribution in [0.5, 0.6) is 0 Å². The van der Waals surface area contributed by atoms with Crippen LogP contribution in [0.4, 0.5) is 0 Å². The van der Waals surface area contributed by atoms with Crippen molar-refractivity contribution in [3.63, 3.8) is 0 Å². The Morgan fingerprint density at radius 3 is 2.61 bits per heavy atom. The molecule has 5 nitrogen and oxygen atoms in total. The summed E-state index contributed by atoms with van der Waals surface area (Å²) in [4.78, 5) is 5.70.